The molecule has 0 aliphatic heterocycles. The van der Waals surface area contributed by atoms with Crippen LogP contribution in [0.25, 0.3) is 0 Å². The normalized spacial score (nSPS) is 11.8. The smallest absolute Gasteiger partial charge is 0.306 e. The lowest BCUT2D eigenvalue weighted by molar-refractivity contribution is -0.167. The minimum Gasteiger partial charge on any atom is -0.462 e. The molecule has 1 atom stereocenters. The van der Waals surface area contributed by atoms with Crippen LogP contribution in [0.3, 0.4) is 0 Å². The molecule has 0 aromatic rings. The summed E-state index contributed by atoms with van der Waals surface area (Å²) in [6.07, 6.45) is 53.8. The zero-order valence-corrected chi connectivity index (χ0v) is 40.8. The van der Waals surface area contributed by atoms with Crippen molar-refractivity contribution in [3.05, 3.63) is 0 Å². The van der Waals surface area contributed by atoms with Gasteiger partial charge in [0.25, 0.3) is 0 Å². The maximum Gasteiger partial charge on any atom is 0.306 e. The molecule has 0 aromatic heterocycles. The summed E-state index contributed by atoms with van der Waals surface area (Å²) < 4.78 is 16.8. The van der Waals surface area contributed by atoms with Gasteiger partial charge in [-0.2, -0.15) is 0 Å². The third-order valence-corrected chi connectivity index (χ3v) is 12.4. The first-order valence-electron chi connectivity index (χ1n) is 27.0. The van der Waals surface area contributed by atoms with Crippen LogP contribution < -0.4 is 0 Å². The van der Waals surface area contributed by atoms with E-state index < -0.39 is 6.10 Å². The standard InChI is InChI=1S/C54H104O6/c1-4-7-10-13-16-19-21-23-25-26-27-29-31-33-36-38-41-44-47-53(56)59-50-51(60-54(57)48-45-42-39-34-18-15-12-9-6-3)49-58-52(55)46-43-40-37-35-32-30-28-24-22-20-17-14-11-8-5-2/h51H,4-50H2,1-3H3/t51-/m0/s1. The van der Waals surface area contributed by atoms with Crippen molar-refractivity contribution in [1.82, 2.24) is 0 Å². The number of carbonyl (C=O) groups excluding carboxylic acids is 3. The van der Waals surface area contributed by atoms with E-state index in [0.717, 1.165) is 57.8 Å². The number of unbranched alkanes of at least 4 members (excludes halogenated alkanes) is 39. The molecule has 0 spiro atoms. The second-order valence-corrected chi connectivity index (χ2v) is 18.5. The Balaban J connectivity index is 4.20. The molecule has 0 unspecified atom stereocenters. The number of rotatable bonds is 50. The Hall–Kier alpha value is -1.59. The van der Waals surface area contributed by atoms with Crippen molar-refractivity contribution >= 4 is 17.9 Å². The molecule has 356 valence electrons. The zero-order chi connectivity index (χ0) is 43.7. The van der Waals surface area contributed by atoms with E-state index in [1.807, 2.05) is 0 Å². The summed E-state index contributed by atoms with van der Waals surface area (Å²) in [6, 6.07) is 0. The maximum absolute atomic E-state index is 12.7. The highest BCUT2D eigenvalue weighted by atomic mass is 16.6. The molecule has 0 amide bonds. The predicted octanol–water partition coefficient (Wildman–Crippen LogP) is 17.6. The second-order valence-electron chi connectivity index (χ2n) is 18.5. The highest BCUT2D eigenvalue weighted by Crippen LogP contribution is 2.17. The SMILES string of the molecule is CCCCCCCCCCCCCCCCCCCCC(=O)OC[C@H](COC(=O)CCCCCCCCCCCCCCCCC)OC(=O)CCCCCCCCCCC. The van der Waals surface area contributed by atoms with Gasteiger partial charge < -0.3 is 14.2 Å². The Labute approximate surface area is 374 Å². The van der Waals surface area contributed by atoms with Gasteiger partial charge in [0.05, 0.1) is 0 Å². The van der Waals surface area contributed by atoms with E-state index in [-0.39, 0.29) is 31.1 Å². The van der Waals surface area contributed by atoms with Gasteiger partial charge >= 0.3 is 17.9 Å². The largest absolute Gasteiger partial charge is 0.462 e. The Bertz CT molecular complexity index is 889. The lowest BCUT2D eigenvalue weighted by Gasteiger charge is -2.18. The molecular formula is C54H104O6. The van der Waals surface area contributed by atoms with Crippen LogP contribution in [-0.4, -0.2) is 37.2 Å². The van der Waals surface area contributed by atoms with Crippen molar-refractivity contribution < 1.29 is 28.6 Å². The molecule has 0 fully saturated rings. The molecule has 0 aromatic carbocycles. The summed E-state index contributed by atoms with van der Waals surface area (Å²) in [7, 11) is 0. The van der Waals surface area contributed by atoms with Crippen LogP contribution in [0.2, 0.25) is 0 Å². The first-order chi connectivity index (χ1) is 29.5. The van der Waals surface area contributed by atoms with E-state index in [1.54, 1.807) is 0 Å². The molecule has 0 aliphatic rings. The fourth-order valence-corrected chi connectivity index (χ4v) is 8.27. The minimum absolute atomic E-state index is 0.0619. The topological polar surface area (TPSA) is 78.9 Å². The van der Waals surface area contributed by atoms with Crippen LogP contribution >= 0.6 is 0 Å². The molecule has 0 bridgehead atoms. The molecular weight excluding hydrogens is 745 g/mol. The van der Waals surface area contributed by atoms with Crippen LogP contribution in [0, 0.1) is 0 Å². The average molecular weight is 849 g/mol. The lowest BCUT2D eigenvalue weighted by Crippen LogP contribution is -2.30. The monoisotopic (exact) mass is 849 g/mol. The Morgan fingerprint density at radius 1 is 0.267 bits per heavy atom. The second kappa shape index (κ2) is 50.1. The van der Waals surface area contributed by atoms with Crippen molar-refractivity contribution in [1.29, 1.82) is 0 Å². The highest BCUT2D eigenvalue weighted by molar-refractivity contribution is 5.71. The Morgan fingerprint density at radius 3 is 0.667 bits per heavy atom. The summed E-state index contributed by atoms with van der Waals surface area (Å²) in [6.45, 7) is 6.67. The van der Waals surface area contributed by atoms with E-state index in [4.69, 9.17) is 14.2 Å². The molecule has 0 heterocycles. The zero-order valence-electron chi connectivity index (χ0n) is 40.8. The summed E-state index contributed by atoms with van der Waals surface area (Å²) in [4.78, 5) is 37.9. The molecule has 60 heavy (non-hydrogen) atoms. The number of esters is 3. The van der Waals surface area contributed by atoms with Gasteiger partial charge in [0, 0.05) is 19.3 Å². The number of ether oxygens (including phenoxy) is 3. The third kappa shape index (κ3) is 47.5. The van der Waals surface area contributed by atoms with Gasteiger partial charge in [-0.05, 0) is 19.3 Å². The maximum atomic E-state index is 12.7. The van der Waals surface area contributed by atoms with E-state index in [0.29, 0.717) is 19.3 Å². The van der Waals surface area contributed by atoms with Gasteiger partial charge in [-0.15, -0.1) is 0 Å². The predicted molar refractivity (Wildman–Crippen MR) is 257 cm³/mol. The molecule has 0 aliphatic carbocycles. The van der Waals surface area contributed by atoms with Crippen molar-refractivity contribution in [2.45, 2.75) is 316 Å². The minimum atomic E-state index is -0.759. The first kappa shape index (κ1) is 58.4. The summed E-state index contributed by atoms with van der Waals surface area (Å²) in [5.74, 6) is -0.841. The van der Waals surface area contributed by atoms with Crippen molar-refractivity contribution in [2.24, 2.45) is 0 Å². The molecule has 0 N–H and O–H groups in total. The first-order valence-corrected chi connectivity index (χ1v) is 27.0. The Kier molecular flexibility index (Phi) is 48.7. The summed E-state index contributed by atoms with van der Waals surface area (Å²) >= 11 is 0. The van der Waals surface area contributed by atoms with Crippen LogP contribution in [0.1, 0.15) is 310 Å². The van der Waals surface area contributed by atoms with E-state index in [1.165, 1.54) is 212 Å². The summed E-state index contributed by atoms with van der Waals surface area (Å²) in [5, 5.41) is 0. The van der Waals surface area contributed by atoms with Crippen LogP contribution in [0.4, 0.5) is 0 Å². The van der Waals surface area contributed by atoms with Gasteiger partial charge in [0.1, 0.15) is 13.2 Å². The molecule has 0 saturated carbocycles. The molecule has 6 nitrogen and oxygen atoms in total. The molecule has 0 saturated heterocycles. The average Bonchev–Trinajstić information content (AvgIpc) is 3.24. The van der Waals surface area contributed by atoms with Crippen LogP contribution in [-0.2, 0) is 28.6 Å². The summed E-state index contributed by atoms with van der Waals surface area (Å²) in [5.41, 5.74) is 0. The van der Waals surface area contributed by atoms with Crippen LogP contribution in [0.5, 0.6) is 0 Å². The third-order valence-electron chi connectivity index (χ3n) is 12.4. The molecule has 0 radical (unpaired) electrons. The molecule has 6 heteroatoms. The van der Waals surface area contributed by atoms with Gasteiger partial charge in [0.15, 0.2) is 6.10 Å². The van der Waals surface area contributed by atoms with E-state index >= 15 is 0 Å². The number of hydrogen-bond donors (Lipinski definition) is 0. The number of carbonyl (C=O) groups is 3. The van der Waals surface area contributed by atoms with Crippen LogP contribution in [0.15, 0.2) is 0 Å². The number of hydrogen-bond acceptors (Lipinski definition) is 6. The van der Waals surface area contributed by atoms with Crippen molar-refractivity contribution in [3.8, 4) is 0 Å². The quantitative estimate of drug-likeness (QED) is 0.0345. The lowest BCUT2D eigenvalue weighted by atomic mass is 10.0. The van der Waals surface area contributed by atoms with Crippen molar-refractivity contribution in [2.75, 3.05) is 13.2 Å². The fraction of sp³-hybridized carbons (Fsp3) is 0.944. The highest BCUT2D eigenvalue weighted by Gasteiger charge is 2.19. The molecule has 0 rings (SSSR count). The van der Waals surface area contributed by atoms with Gasteiger partial charge in [0.2, 0.25) is 0 Å². The fourth-order valence-electron chi connectivity index (χ4n) is 8.27. The van der Waals surface area contributed by atoms with Gasteiger partial charge in [-0.1, -0.05) is 271 Å². The van der Waals surface area contributed by atoms with Gasteiger partial charge in [-0.3, -0.25) is 14.4 Å². The van der Waals surface area contributed by atoms with Gasteiger partial charge in [-0.25, -0.2) is 0 Å². The van der Waals surface area contributed by atoms with E-state index in [2.05, 4.69) is 20.8 Å². The Morgan fingerprint density at radius 2 is 0.450 bits per heavy atom. The van der Waals surface area contributed by atoms with Crippen molar-refractivity contribution in [3.63, 3.8) is 0 Å². The van der Waals surface area contributed by atoms with E-state index in [9.17, 15) is 14.4 Å².